The van der Waals surface area contributed by atoms with Gasteiger partial charge in [-0.05, 0) is 53.8 Å². The van der Waals surface area contributed by atoms with Crippen molar-refractivity contribution in [2.75, 3.05) is 19.6 Å². The number of fused-ring (bicyclic) bond motifs is 1. The van der Waals surface area contributed by atoms with Gasteiger partial charge in [-0.15, -0.1) is 0 Å². The van der Waals surface area contributed by atoms with Crippen LogP contribution in [-0.2, 0) is 22.6 Å². The van der Waals surface area contributed by atoms with Crippen LogP contribution in [0.1, 0.15) is 29.0 Å². The first-order valence-corrected chi connectivity index (χ1v) is 9.10. The van der Waals surface area contributed by atoms with Crippen molar-refractivity contribution < 1.29 is 18.4 Å². The van der Waals surface area contributed by atoms with Crippen molar-refractivity contribution in [1.82, 2.24) is 9.80 Å². The van der Waals surface area contributed by atoms with Gasteiger partial charge in [-0.2, -0.15) is 0 Å². The van der Waals surface area contributed by atoms with E-state index in [0.29, 0.717) is 32.5 Å². The second-order valence-corrected chi connectivity index (χ2v) is 7.13. The van der Waals surface area contributed by atoms with E-state index in [-0.39, 0.29) is 35.9 Å². The van der Waals surface area contributed by atoms with Gasteiger partial charge in [0.15, 0.2) is 0 Å². The second-order valence-electron chi connectivity index (χ2n) is 7.13. The molecular formula is C21H20F2N2O2. The summed E-state index contributed by atoms with van der Waals surface area (Å²) >= 11 is 0. The molecular weight excluding hydrogens is 350 g/mol. The zero-order chi connectivity index (χ0) is 19.0. The number of likely N-dealkylation sites (tertiary alicyclic amines) is 1. The normalized spacial score (nSPS) is 19.3. The summed E-state index contributed by atoms with van der Waals surface area (Å²) in [6.07, 6.45) is 1.30. The van der Waals surface area contributed by atoms with Gasteiger partial charge in [0.1, 0.15) is 11.6 Å². The number of benzene rings is 2. The van der Waals surface area contributed by atoms with Crippen molar-refractivity contribution in [2.24, 2.45) is 0 Å². The molecule has 0 aliphatic carbocycles. The Kier molecular flexibility index (Phi) is 4.64. The highest BCUT2D eigenvalue weighted by molar-refractivity contribution is 5.90. The summed E-state index contributed by atoms with van der Waals surface area (Å²) in [5.74, 6) is -1.19. The van der Waals surface area contributed by atoms with E-state index in [1.807, 2.05) is 0 Å². The molecule has 27 heavy (non-hydrogen) atoms. The SMILES string of the molecule is O=C(CN1CCC(c2ccc(F)cc2)C1=O)N1CCc2ccc(F)cc2C1. The summed E-state index contributed by atoms with van der Waals surface area (Å²) in [5.41, 5.74) is 2.67. The molecule has 2 heterocycles. The van der Waals surface area contributed by atoms with Gasteiger partial charge < -0.3 is 9.80 Å². The van der Waals surface area contributed by atoms with Gasteiger partial charge in [-0.3, -0.25) is 9.59 Å². The van der Waals surface area contributed by atoms with Crippen molar-refractivity contribution in [3.8, 4) is 0 Å². The minimum Gasteiger partial charge on any atom is -0.336 e. The number of amides is 2. The largest absolute Gasteiger partial charge is 0.336 e. The van der Waals surface area contributed by atoms with Crippen LogP contribution < -0.4 is 0 Å². The first-order valence-electron chi connectivity index (χ1n) is 9.10. The summed E-state index contributed by atoms with van der Waals surface area (Å²) in [6.45, 7) is 1.48. The fourth-order valence-electron chi connectivity index (χ4n) is 3.90. The van der Waals surface area contributed by atoms with Crippen LogP contribution in [0.3, 0.4) is 0 Å². The van der Waals surface area contributed by atoms with E-state index >= 15 is 0 Å². The van der Waals surface area contributed by atoms with Crippen molar-refractivity contribution >= 4 is 11.8 Å². The van der Waals surface area contributed by atoms with Crippen LogP contribution in [0, 0.1) is 11.6 Å². The lowest BCUT2D eigenvalue weighted by molar-refractivity contribution is -0.139. The molecule has 2 aromatic rings. The van der Waals surface area contributed by atoms with Crippen LogP contribution in [0.4, 0.5) is 8.78 Å². The van der Waals surface area contributed by atoms with Crippen LogP contribution in [0.15, 0.2) is 42.5 Å². The third-order valence-electron chi connectivity index (χ3n) is 5.43. The molecule has 4 nitrogen and oxygen atoms in total. The molecule has 140 valence electrons. The molecule has 6 heteroatoms. The summed E-state index contributed by atoms with van der Waals surface area (Å²) < 4.78 is 26.5. The Balaban J connectivity index is 1.40. The number of nitrogens with zero attached hydrogens (tertiary/aromatic N) is 2. The van der Waals surface area contributed by atoms with Gasteiger partial charge in [0.2, 0.25) is 11.8 Å². The molecule has 0 N–H and O–H groups in total. The molecule has 0 radical (unpaired) electrons. The quantitative estimate of drug-likeness (QED) is 0.834. The molecule has 0 bridgehead atoms. The van der Waals surface area contributed by atoms with Gasteiger partial charge in [-0.25, -0.2) is 8.78 Å². The lowest BCUT2D eigenvalue weighted by Crippen LogP contribution is -2.43. The van der Waals surface area contributed by atoms with Crippen molar-refractivity contribution in [1.29, 1.82) is 0 Å². The maximum absolute atomic E-state index is 13.5. The Labute approximate surface area is 156 Å². The summed E-state index contributed by atoms with van der Waals surface area (Å²) in [4.78, 5) is 28.6. The lowest BCUT2D eigenvalue weighted by Gasteiger charge is -2.30. The molecule has 1 atom stereocenters. The maximum atomic E-state index is 13.5. The Morgan fingerprint density at radius 1 is 1.00 bits per heavy atom. The van der Waals surface area contributed by atoms with E-state index in [4.69, 9.17) is 0 Å². The van der Waals surface area contributed by atoms with Gasteiger partial charge in [0, 0.05) is 19.6 Å². The van der Waals surface area contributed by atoms with Gasteiger partial charge >= 0.3 is 0 Å². The van der Waals surface area contributed by atoms with Gasteiger partial charge in [0.05, 0.1) is 12.5 Å². The standard InChI is InChI=1S/C21H20F2N2O2/c22-17-4-2-15(3-5-17)19-8-10-25(21(19)27)13-20(26)24-9-7-14-1-6-18(23)11-16(14)12-24/h1-6,11,19H,7-10,12-13H2. The Bertz CT molecular complexity index is 882. The summed E-state index contributed by atoms with van der Waals surface area (Å²) in [5, 5.41) is 0. The smallest absolute Gasteiger partial charge is 0.242 e. The summed E-state index contributed by atoms with van der Waals surface area (Å²) in [6, 6.07) is 10.6. The topological polar surface area (TPSA) is 40.6 Å². The van der Waals surface area contributed by atoms with Crippen LogP contribution >= 0.6 is 0 Å². The van der Waals surface area contributed by atoms with Crippen LogP contribution in [0.25, 0.3) is 0 Å². The van der Waals surface area contributed by atoms with E-state index in [1.54, 1.807) is 28.0 Å². The molecule has 0 aromatic heterocycles. The van der Waals surface area contributed by atoms with Crippen LogP contribution in [0.2, 0.25) is 0 Å². The number of carbonyl (C=O) groups excluding carboxylic acids is 2. The zero-order valence-electron chi connectivity index (χ0n) is 14.8. The molecule has 2 aliphatic heterocycles. The third-order valence-corrected chi connectivity index (χ3v) is 5.43. The van der Waals surface area contributed by atoms with Crippen molar-refractivity contribution in [3.63, 3.8) is 0 Å². The van der Waals surface area contributed by atoms with Gasteiger partial charge in [-0.1, -0.05) is 18.2 Å². The fraction of sp³-hybridized carbons (Fsp3) is 0.333. The van der Waals surface area contributed by atoms with Crippen LogP contribution in [-0.4, -0.2) is 41.2 Å². The Hall–Kier alpha value is -2.76. The molecule has 0 saturated carbocycles. The minimum atomic E-state index is -0.335. The zero-order valence-corrected chi connectivity index (χ0v) is 14.8. The highest BCUT2D eigenvalue weighted by Crippen LogP contribution is 2.29. The Morgan fingerprint density at radius 2 is 1.74 bits per heavy atom. The van der Waals surface area contributed by atoms with E-state index in [0.717, 1.165) is 16.7 Å². The van der Waals surface area contributed by atoms with Crippen LogP contribution in [0.5, 0.6) is 0 Å². The molecule has 1 saturated heterocycles. The second kappa shape index (κ2) is 7.10. The molecule has 0 spiro atoms. The maximum Gasteiger partial charge on any atom is 0.242 e. The molecule has 1 unspecified atom stereocenters. The highest BCUT2D eigenvalue weighted by atomic mass is 19.1. The van der Waals surface area contributed by atoms with E-state index < -0.39 is 0 Å². The number of hydrogen-bond donors (Lipinski definition) is 0. The predicted octanol–water partition coefficient (Wildman–Crippen LogP) is 2.87. The van der Waals surface area contributed by atoms with E-state index in [9.17, 15) is 18.4 Å². The molecule has 1 fully saturated rings. The predicted molar refractivity (Wildman–Crippen MR) is 95.9 cm³/mol. The van der Waals surface area contributed by atoms with E-state index in [1.165, 1.54) is 24.3 Å². The molecule has 2 aromatic carbocycles. The monoisotopic (exact) mass is 370 g/mol. The Morgan fingerprint density at radius 3 is 2.52 bits per heavy atom. The van der Waals surface area contributed by atoms with Gasteiger partial charge in [0.25, 0.3) is 0 Å². The molecule has 2 aliphatic rings. The van der Waals surface area contributed by atoms with E-state index in [2.05, 4.69) is 0 Å². The first kappa shape index (κ1) is 17.6. The number of rotatable bonds is 3. The fourth-order valence-corrected chi connectivity index (χ4v) is 3.90. The third kappa shape index (κ3) is 3.56. The first-order chi connectivity index (χ1) is 13.0. The summed E-state index contributed by atoms with van der Waals surface area (Å²) in [7, 11) is 0. The van der Waals surface area contributed by atoms with Crippen molar-refractivity contribution in [3.05, 3.63) is 70.8 Å². The number of halogens is 2. The molecule has 4 rings (SSSR count). The number of hydrogen-bond acceptors (Lipinski definition) is 2. The minimum absolute atomic E-state index is 0.0289. The highest BCUT2D eigenvalue weighted by Gasteiger charge is 2.34. The molecule has 2 amide bonds. The lowest BCUT2D eigenvalue weighted by atomic mass is 9.98. The average molecular weight is 370 g/mol. The van der Waals surface area contributed by atoms with Crippen molar-refractivity contribution in [2.45, 2.75) is 25.3 Å². The number of carbonyl (C=O) groups is 2. The average Bonchev–Trinajstić information content (AvgIpc) is 3.02.